The van der Waals surface area contributed by atoms with Crippen LogP contribution in [-0.2, 0) is 4.74 Å². The molecule has 1 heterocycles. The Morgan fingerprint density at radius 2 is 2.43 bits per heavy atom. The van der Waals surface area contributed by atoms with Crippen molar-refractivity contribution in [1.29, 1.82) is 0 Å². The molecule has 1 saturated carbocycles. The van der Waals surface area contributed by atoms with Gasteiger partial charge in [-0.25, -0.2) is 0 Å². The molecule has 0 bridgehead atoms. The molecule has 1 unspecified atom stereocenters. The smallest absolute Gasteiger partial charge is 0.110 e. The topological polar surface area (TPSA) is 21.3 Å². The van der Waals surface area contributed by atoms with Crippen LogP contribution in [0.1, 0.15) is 25.7 Å². The molecule has 0 aromatic heterocycles. The summed E-state index contributed by atoms with van der Waals surface area (Å²) in [5.41, 5.74) is 0. The van der Waals surface area contributed by atoms with Crippen LogP contribution in [0, 0.1) is 0 Å². The molecule has 2 aliphatic rings. The maximum Gasteiger partial charge on any atom is 0.110 e. The fourth-order valence-corrected chi connectivity index (χ4v) is 2.55. The number of thioether (sulfide) groups is 1. The molecule has 0 saturated heterocycles. The first kappa shape index (κ1) is 10.4. The summed E-state index contributed by atoms with van der Waals surface area (Å²) >= 11 is 2.01. The van der Waals surface area contributed by atoms with Crippen molar-refractivity contribution >= 4 is 11.8 Å². The van der Waals surface area contributed by atoms with Gasteiger partial charge < -0.3 is 10.1 Å². The summed E-state index contributed by atoms with van der Waals surface area (Å²) in [6.07, 6.45) is 11.7. The fraction of sp³-hybridized carbons (Fsp3) is 0.818. The minimum Gasteiger partial charge on any atom is -0.497 e. The van der Waals surface area contributed by atoms with Crippen LogP contribution in [0.15, 0.2) is 12.3 Å². The quantitative estimate of drug-likeness (QED) is 0.756. The van der Waals surface area contributed by atoms with Crippen LogP contribution in [-0.4, -0.2) is 30.2 Å². The zero-order valence-corrected chi connectivity index (χ0v) is 9.61. The van der Waals surface area contributed by atoms with E-state index in [9.17, 15) is 0 Å². The van der Waals surface area contributed by atoms with Gasteiger partial charge in [-0.3, -0.25) is 0 Å². The molecule has 1 atom stereocenters. The van der Waals surface area contributed by atoms with E-state index in [0.717, 1.165) is 19.5 Å². The van der Waals surface area contributed by atoms with Crippen LogP contribution >= 0.6 is 11.8 Å². The maximum atomic E-state index is 5.50. The van der Waals surface area contributed by atoms with Gasteiger partial charge in [-0.2, -0.15) is 11.8 Å². The highest BCUT2D eigenvalue weighted by atomic mass is 32.2. The third kappa shape index (κ3) is 2.67. The number of hydrogen-bond acceptors (Lipinski definition) is 3. The maximum absolute atomic E-state index is 5.50. The van der Waals surface area contributed by atoms with Gasteiger partial charge in [-0.15, -0.1) is 0 Å². The predicted molar refractivity (Wildman–Crippen MR) is 61.6 cm³/mol. The van der Waals surface area contributed by atoms with Crippen molar-refractivity contribution in [3.8, 4) is 0 Å². The summed E-state index contributed by atoms with van der Waals surface area (Å²) in [5.74, 6) is 0. The second-order valence-electron chi connectivity index (χ2n) is 4.23. The SMILES string of the molecule is CSC1(CNCC2CCC=CO2)CC1. The van der Waals surface area contributed by atoms with E-state index in [4.69, 9.17) is 4.74 Å². The Labute approximate surface area is 90.5 Å². The zero-order valence-electron chi connectivity index (χ0n) is 8.79. The van der Waals surface area contributed by atoms with Gasteiger partial charge in [-0.1, -0.05) is 0 Å². The molecule has 3 heteroatoms. The van der Waals surface area contributed by atoms with Crippen LogP contribution in [0.3, 0.4) is 0 Å². The Kier molecular flexibility index (Phi) is 3.39. The van der Waals surface area contributed by atoms with Gasteiger partial charge in [0.15, 0.2) is 0 Å². The number of allylic oxidation sites excluding steroid dienone is 1. The Bertz CT molecular complexity index is 213. The molecule has 1 aliphatic heterocycles. The van der Waals surface area contributed by atoms with E-state index in [-0.39, 0.29) is 0 Å². The van der Waals surface area contributed by atoms with Crippen molar-refractivity contribution in [2.24, 2.45) is 0 Å². The highest BCUT2D eigenvalue weighted by Crippen LogP contribution is 2.46. The van der Waals surface area contributed by atoms with Gasteiger partial charge >= 0.3 is 0 Å². The van der Waals surface area contributed by atoms with E-state index in [1.165, 1.54) is 19.3 Å². The van der Waals surface area contributed by atoms with Crippen molar-refractivity contribution in [2.75, 3.05) is 19.3 Å². The largest absolute Gasteiger partial charge is 0.497 e. The fourth-order valence-electron chi connectivity index (χ4n) is 1.79. The van der Waals surface area contributed by atoms with Gasteiger partial charge in [-0.05, 0) is 38.0 Å². The lowest BCUT2D eigenvalue weighted by atomic mass is 10.1. The summed E-state index contributed by atoms with van der Waals surface area (Å²) in [6, 6.07) is 0. The summed E-state index contributed by atoms with van der Waals surface area (Å²) in [7, 11) is 0. The van der Waals surface area contributed by atoms with Crippen molar-refractivity contribution in [2.45, 2.75) is 36.5 Å². The predicted octanol–water partition coefficient (Wildman–Crippen LogP) is 2.16. The molecule has 0 amide bonds. The van der Waals surface area contributed by atoms with Gasteiger partial charge in [0.1, 0.15) is 6.10 Å². The molecule has 2 nitrogen and oxygen atoms in total. The molecule has 14 heavy (non-hydrogen) atoms. The van der Waals surface area contributed by atoms with Gasteiger partial charge in [0.25, 0.3) is 0 Å². The van der Waals surface area contributed by atoms with Gasteiger partial charge in [0.2, 0.25) is 0 Å². The molecule has 1 N–H and O–H groups in total. The molecule has 1 aliphatic carbocycles. The summed E-state index contributed by atoms with van der Waals surface area (Å²) in [5, 5.41) is 3.53. The van der Waals surface area contributed by atoms with E-state index >= 15 is 0 Å². The Balaban J connectivity index is 1.60. The number of rotatable bonds is 5. The Hall–Kier alpha value is -0.150. The monoisotopic (exact) mass is 213 g/mol. The molecule has 0 spiro atoms. The van der Waals surface area contributed by atoms with Crippen LogP contribution in [0.5, 0.6) is 0 Å². The van der Waals surface area contributed by atoms with E-state index in [1.54, 1.807) is 0 Å². The van der Waals surface area contributed by atoms with Crippen molar-refractivity contribution in [3.05, 3.63) is 12.3 Å². The average molecular weight is 213 g/mol. The van der Waals surface area contributed by atoms with E-state index < -0.39 is 0 Å². The molecule has 1 fully saturated rings. The van der Waals surface area contributed by atoms with Crippen molar-refractivity contribution in [1.82, 2.24) is 5.32 Å². The lowest BCUT2D eigenvalue weighted by molar-refractivity contribution is 0.122. The Morgan fingerprint density at radius 1 is 1.57 bits per heavy atom. The van der Waals surface area contributed by atoms with Crippen LogP contribution in [0.25, 0.3) is 0 Å². The highest BCUT2D eigenvalue weighted by molar-refractivity contribution is 8.00. The van der Waals surface area contributed by atoms with Crippen LogP contribution < -0.4 is 5.32 Å². The van der Waals surface area contributed by atoms with Crippen molar-refractivity contribution in [3.63, 3.8) is 0 Å². The van der Waals surface area contributed by atoms with E-state index in [1.807, 2.05) is 18.0 Å². The third-order valence-electron chi connectivity index (χ3n) is 3.08. The minimum atomic E-state index is 0.401. The minimum absolute atomic E-state index is 0.401. The number of nitrogens with one attached hydrogen (secondary N) is 1. The van der Waals surface area contributed by atoms with E-state index in [2.05, 4.69) is 17.6 Å². The molecule has 80 valence electrons. The van der Waals surface area contributed by atoms with Crippen LogP contribution in [0.4, 0.5) is 0 Å². The van der Waals surface area contributed by atoms with Crippen LogP contribution in [0.2, 0.25) is 0 Å². The third-order valence-corrected chi connectivity index (χ3v) is 4.50. The molecule has 0 aromatic carbocycles. The highest BCUT2D eigenvalue weighted by Gasteiger charge is 2.41. The molecule has 0 radical (unpaired) electrons. The standard InChI is InChI=1S/C11H19NOS/c1-14-11(5-6-11)9-12-8-10-4-2-3-7-13-10/h3,7,10,12H,2,4-6,8-9H2,1H3. The first-order chi connectivity index (χ1) is 6.85. The molecule has 0 aromatic rings. The van der Waals surface area contributed by atoms with E-state index in [0.29, 0.717) is 10.9 Å². The second kappa shape index (κ2) is 4.58. The summed E-state index contributed by atoms with van der Waals surface area (Å²) < 4.78 is 6.07. The number of ether oxygens (including phenoxy) is 1. The van der Waals surface area contributed by atoms with Gasteiger partial charge in [0, 0.05) is 17.8 Å². The summed E-state index contributed by atoms with van der Waals surface area (Å²) in [4.78, 5) is 0. The van der Waals surface area contributed by atoms with Gasteiger partial charge in [0.05, 0.1) is 6.26 Å². The molecule has 2 rings (SSSR count). The lowest BCUT2D eigenvalue weighted by Gasteiger charge is -2.21. The molecular formula is C11H19NOS. The average Bonchev–Trinajstić information content (AvgIpc) is 3.00. The first-order valence-electron chi connectivity index (χ1n) is 5.41. The van der Waals surface area contributed by atoms with Crippen molar-refractivity contribution < 1.29 is 4.74 Å². The Morgan fingerprint density at radius 3 is 3.00 bits per heavy atom. The number of hydrogen-bond donors (Lipinski definition) is 1. The normalized spacial score (nSPS) is 28.5. The first-order valence-corrected chi connectivity index (χ1v) is 6.63. The zero-order chi connectivity index (χ0) is 9.86. The second-order valence-corrected chi connectivity index (χ2v) is 5.50. The lowest BCUT2D eigenvalue weighted by Crippen LogP contribution is -2.34. The summed E-state index contributed by atoms with van der Waals surface area (Å²) in [6.45, 7) is 2.16. The molecular weight excluding hydrogens is 194 g/mol.